The topological polar surface area (TPSA) is 0 Å². The molecule has 76 valence electrons. The smallest absolute Gasteiger partial charge is 0.0161 e. The number of hydrogen-bond acceptors (Lipinski definition) is 0. The van der Waals surface area contributed by atoms with Crippen molar-refractivity contribution in [2.45, 2.75) is 32.1 Å². The minimum Gasteiger partial charge on any atom is -0.0613 e. The molecule has 0 bridgehead atoms. The standard InChI is InChI=1S/C15H16/c1-2-11-3-4-15-10-14(12-5-6-12)8-7-13(15)9-11/h3-4,7-10,12H,2,5-6H2,1H3. The van der Waals surface area contributed by atoms with Gasteiger partial charge in [0.25, 0.3) is 0 Å². The van der Waals surface area contributed by atoms with Crippen molar-refractivity contribution in [2.24, 2.45) is 0 Å². The van der Waals surface area contributed by atoms with E-state index in [1.165, 1.54) is 34.7 Å². The van der Waals surface area contributed by atoms with Crippen LogP contribution < -0.4 is 0 Å². The predicted octanol–water partition coefficient (Wildman–Crippen LogP) is 4.28. The molecule has 0 radical (unpaired) electrons. The molecular weight excluding hydrogens is 180 g/mol. The predicted molar refractivity (Wildman–Crippen MR) is 65.3 cm³/mol. The highest BCUT2D eigenvalue weighted by molar-refractivity contribution is 5.84. The molecule has 0 aliphatic heterocycles. The third-order valence-corrected chi connectivity index (χ3v) is 3.39. The second-order valence-electron chi connectivity index (χ2n) is 4.57. The number of rotatable bonds is 2. The Morgan fingerprint density at radius 2 is 1.73 bits per heavy atom. The van der Waals surface area contributed by atoms with Crippen LogP contribution in [0.3, 0.4) is 0 Å². The molecule has 3 rings (SSSR count). The summed E-state index contributed by atoms with van der Waals surface area (Å²) >= 11 is 0. The Morgan fingerprint density at radius 3 is 2.47 bits per heavy atom. The molecule has 0 saturated heterocycles. The Hall–Kier alpha value is -1.30. The summed E-state index contributed by atoms with van der Waals surface area (Å²) in [5.74, 6) is 0.861. The van der Waals surface area contributed by atoms with Crippen LogP contribution in [0, 0.1) is 0 Å². The van der Waals surface area contributed by atoms with Gasteiger partial charge in [0.05, 0.1) is 0 Å². The minimum absolute atomic E-state index is 0.861. The molecular formula is C15H16. The van der Waals surface area contributed by atoms with Crippen molar-refractivity contribution in [1.29, 1.82) is 0 Å². The van der Waals surface area contributed by atoms with Crippen LogP contribution in [0.4, 0.5) is 0 Å². The molecule has 1 aliphatic rings. The lowest BCUT2D eigenvalue weighted by molar-refractivity contribution is 1.13. The zero-order valence-corrected chi connectivity index (χ0v) is 9.16. The maximum absolute atomic E-state index is 2.37. The summed E-state index contributed by atoms with van der Waals surface area (Å²) in [6.07, 6.45) is 3.90. The lowest BCUT2D eigenvalue weighted by atomic mass is 10.0. The van der Waals surface area contributed by atoms with E-state index in [1.807, 2.05) is 0 Å². The van der Waals surface area contributed by atoms with E-state index in [0.29, 0.717) is 0 Å². The summed E-state index contributed by atoms with van der Waals surface area (Å²) in [7, 11) is 0. The van der Waals surface area contributed by atoms with E-state index in [1.54, 1.807) is 0 Å². The zero-order chi connectivity index (χ0) is 10.3. The van der Waals surface area contributed by atoms with Gasteiger partial charge in [0.15, 0.2) is 0 Å². The second kappa shape index (κ2) is 3.37. The molecule has 1 aliphatic carbocycles. The number of fused-ring (bicyclic) bond motifs is 1. The molecule has 0 N–H and O–H groups in total. The molecule has 15 heavy (non-hydrogen) atoms. The first-order valence-electron chi connectivity index (χ1n) is 5.89. The Morgan fingerprint density at radius 1 is 1.00 bits per heavy atom. The highest BCUT2D eigenvalue weighted by Gasteiger charge is 2.23. The Labute approximate surface area is 90.9 Å². The van der Waals surface area contributed by atoms with Crippen LogP contribution >= 0.6 is 0 Å². The van der Waals surface area contributed by atoms with Crippen molar-refractivity contribution in [3.63, 3.8) is 0 Å². The Balaban J connectivity index is 2.11. The average molecular weight is 196 g/mol. The van der Waals surface area contributed by atoms with Crippen LogP contribution in [-0.2, 0) is 6.42 Å². The van der Waals surface area contributed by atoms with E-state index in [9.17, 15) is 0 Å². The zero-order valence-electron chi connectivity index (χ0n) is 9.16. The third kappa shape index (κ3) is 1.65. The molecule has 0 unspecified atom stereocenters. The van der Waals surface area contributed by atoms with Crippen molar-refractivity contribution in [3.8, 4) is 0 Å². The summed E-state index contributed by atoms with van der Waals surface area (Å²) in [5.41, 5.74) is 2.97. The third-order valence-electron chi connectivity index (χ3n) is 3.39. The van der Waals surface area contributed by atoms with Crippen LogP contribution in [0.2, 0.25) is 0 Å². The van der Waals surface area contributed by atoms with Gasteiger partial charge in [0.2, 0.25) is 0 Å². The molecule has 0 heterocycles. The van der Waals surface area contributed by atoms with Gasteiger partial charge in [-0.25, -0.2) is 0 Å². The van der Waals surface area contributed by atoms with Crippen LogP contribution in [0.5, 0.6) is 0 Å². The fourth-order valence-electron chi connectivity index (χ4n) is 2.20. The summed E-state index contributed by atoms with van der Waals surface area (Å²) < 4.78 is 0. The van der Waals surface area contributed by atoms with Gasteiger partial charge in [-0.05, 0) is 47.1 Å². The summed E-state index contributed by atoms with van der Waals surface area (Å²) in [5, 5.41) is 2.79. The quantitative estimate of drug-likeness (QED) is 0.672. The van der Waals surface area contributed by atoms with Crippen molar-refractivity contribution < 1.29 is 0 Å². The van der Waals surface area contributed by atoms with Gasteiger partial charge in [0, 0.05) is 0 Å². The van der Waals surface area contributed by atoms with Gasteiger partial charge in [-0.1, -0.05) is 43.3 Å². The normalized spacial score (nSPS) is 15.8. The van der Waals surface area contributed by atoms with E-state index < -0.39 is 0 Å². The lowest BCUT2D eigenvalue weighted by Crippen LogP contribution is -1.83. The van der Waals surface area contributed by atoms with E-state index in [2.05, 4.69) is 43.3 Å². The molecule has 1 fully saturated rings. The van der Waals surface area contributed by atoms with Crippen molar-refractivity contribution >= 4 is 10.8 Å². The van der Waals surface area contributed by atoms with Gasteiger partial charge < -0.3 is 0 Å². The largest absolute Gasteiger partial charge is 0.0613 e. The molecule has 1 saturated carbocycles. The average Bonchev–Trinajstić information content (AvgIpc) is 3.11. The van der Waals surface area contributed by atoms with Gasteiger partial charge in [0.1, 0.15) is 0 Å². The first kappa shape index (κ1) is 8.96. The molecule has 0 spiro atoms. The molecule has 2 aromatic carbocycles. The summed E-state index contributed by atoms with van der Waals surface area (Å²) in [6, 6.07) is 13.8. The molecule has 2 aromatic rings. The molecule has 0 amide bonds. The Kier molecular flexibility index (Phi) is 2.02. The SMILES string of the molecule is CCc1ccc2cc(C3CC3)ccc2c1. The van der Waals surface area contributed by atoms with Gasteiger partial charge >= 0.3 is 0 Å². The van der Waals surface area contributed by atoms with Crippen molar-refractivity contribution in [1.82, 2.24) is 0 Å². The van der Waals surface area contributed by atoms with Gasteiger partial charge in [-0.15, -0.1) is 0 Å². The van der Waals surface area contributed by atoms with E-state index in [0.717, 1.165) is 12.3 Å². The first-order chi connectivity index (χ1) is 7.36. The summed E-state index contributed by atoms with van der Waals surface area (Å²) in [6.45, 7) is 2.21. The van der Waals surface area contributed by atoms with E-state index >= 15 is 0 Å². The van der Waals surface area contributed by atoms with Gasteiger partial charge in [-0.3, -0.25) is 0 Å². The van der Waals surface area contributed by atoms with Crippen LogP contribution in [0.1, 0.15) is 36.8 Å². The van der Waals surface area contributed by atoms with Crippen LogP contribution in [-0.4, -0.2) is 0 Å². The monoisotopic (exact) mass is 196 g/mol. The fraction of sp³-hybridized carbons (Fsp3) is 0.333. The fourth-order valence-corrected chi connectivity index (χ4v) is 2.20. The van der Waals surface area contributed by atoms with E-state index in [4.69, 9.17) is 0 Å². The number of benzene rings is 2. The maximum atomic E-state index is 2.37. The lowest BCUT2D eigenvalue weighted by Gasteiger charge is -2.04. The Bertz CT molecular complexity index is 492. The second-order valence-corrected chi connectivity index (χ2v) is 4.57. The highest BCUT2D eigenvalue weighted by atomic mass is 14.3. The highest BCUT2D eigenvalue weighted by Crippen LogP contribution is 2.40. The van der Waals surface area contributed by atoms with Gasteiger partial charge in [-0.2, -0.15) is 0 Å². The van der Waals surface area contributed by atoms with Crippen LogP contribution in [0.25, 0.3) is 10.8 Å². The van der Waals surface area contributed by atoms with Crippen molar-refractivity contribution in [2.75, 3.05) is 0 Å². The molecule has 0 nitrogen and oxygen atoms in total. The molecule has 0 heteroatoms. The summed E-state index contributed by atoms with van der Waals surface area (Å²) in [4.78, 5) is 0. The molecule has 0 aromatic heterocycles. The van der Waals surface area contributed by atoms with E-state index in [-0.39, 0.29) is 0 Å². The maximum Gasteiger partial charge on any atom is -0.0161 e. The number of hydrogen-bond donors (Lipinski definition) is 0. The minimum atomic E-state index is 0.861. The first-order valence-corrected chi connectivity index (χ1v) is 5.89. The molecule has 0 atom stereocenters. The number of aryl methyl sites for hydroxylation is 1. The van der Waals surface area contributed by atoms with Crippen LogP contribution in [0.15, 0.2) is 36.4 Å². The van der Waals surface area contributed by atoms with Crippen molar-refractivity contribution in [3.05, 3.63) is 47.5 Å².